The number of carbonyl (C=O) groups is 1. The Morgan fingerprint density at radius 2 is 2.06 bits per heavy atom. The zero-order valence-electron chi connectivity index (χ0n) is 17.9. The molecule has 3 aromatic rings. The van der Waals surface area contributed by atoms with Crippen molar-refractivity contribution in [3.05, 3.63) is 66.7 Å². The molecule has 0 bridgehead atoms. The second-order valence-electron chi connectivity index (χ2n) is 8.49. The number of aromatic nitrogens is 2. The van der Waals surface area contributed by atoms with E-state index in [1.54, 1.807) is 18.2 Å². The monoisotopic (exact) mass is 474 g/mol. The molecule has 2 aliphatic rings. The third-order valence-corrected chi connectivity index (χ3v) is 7.40. The lowest BCUT2D eigenvalue weighted by Gasteiger charge is -2.36. The molecule has 168 valence electrons. The van der Waals surface area contributed by atoms with Crippen LogP contribution in [0.1, 0.15) is 38.8 Å². The number of benzene rings is 1. The first-order chi connectivity index (χ1) is 15.4. The summed E-state index contributed by atoms with van der Waals surface area (Å²) in [5, 5.41) is 4.98. The molecule has 1 amide bonds. The highest BCUT2D eigenvalue weighted by atomic mass is 35.5. The molecular formula is C23H24Cl2N4O3. The van der Waals surface area contributed by atoms with Crippen LogP contribution < -0.4 is 10.9 Å². The molecule has 4 heterocycles. The summed E-state index contributed by atoms with van der Waals surface area (Å²) in [6, 6.07) is 3.71. The number of nitrogens with one attached hydrogen (secondary N) is 3. The fourth-order valence-corrected chi connectivity index (χ4v) is 5.49. The van der Waals surface area contributed by atoms with Gasteiger partial charge in [-0.3, -0.25) is 9.59 Å². The van der Waals surface area contributed by atoms with Crippen LogP contribution in [-0.2, 0) is 17.7 Å². The summed E-state index contributed by atoms with van der Waals surface area (Å²) in [6.45, 7) is 4.15. The highest BCUT2D eigenvalue weighted by molar-refractivity contribution is 6.37. The number of amides is 1. The minimum atomic E-state index is -0.242. The van der Waals surface area contributed by atoms with Gasteiger partial charge in [0.25, 0.3) is 11.5 Å². The first-order valence-electron chi connectivity index (χ1n) is 10.6. The molecule has 5 rings (SSSR count). The number of H-pyrrole nitrogens is 2. The zero-order valence-corrected chi connectivity index (χ0v) is 19.4. The summed E-state index contributed by atoms with van der Waals surface area (Å²) >= 11 is 13.4. The van der Waals surface area contributed by atoms with Gasteiger partial charge in [-0.1, -0.05) is 23.2 Å². The van der Waals surface area contributed by atoms with Gasteiger partial charge in [-0.2, -0.15) is 0 Å². The maximum Gasteiger partial charge on any atom is 0.256 e. The Kier molecular flexibility index (Phi) is 5.53. The van der Waals surface area contributed by atoms with Gasteiger partial charge >= 0.3 is 0 Å². The second kappa shape index (κ2) is 8.23. The number of pyridine rings is 1. The van der Waals surface area contributed by atoms with Gasteiger partial charge in [0.2, 0.25) is 0 Å². The number of rotatable bonds is 5. The Bertz CT molecular complexity index is 1280. The number of carbonyl (C=O) groups excluding carboxylic acids is 1. The number of nitrogens with zero attached hydrogens (tertiary/aromatic N) is 1. The minimum Gasteiger partial charge on any atom is -0.376 e. The Morgan fingerprint density at radius 3 is 2.75 bits per heavy atom. The molecule has 2 aromatic heterocycles. The van der Waals surface area contributed by atoms with E-state index in [1.807, 2.05) is 19.1 Å². The molecule has 1 saturated heterocycles. The van der Waals surface area contributed by atoms with E-state index >= 15 is 0 Å². The fourth-order valence-electron chi connectivity index (χ4n) is 4.82. The van der Waals surface area contributed by atoms with E-state index in [0.717, 1.165) is 40.8 Å². The Morgan fingerprint density at radius 1 is 1.28 bits per heavy atom. The van der Waals surface area contributed by atoms with Crippen molar-refractivity contribution in [2.45, 2.75) is 26.0 Å². The van der Waals surface area contributed by atoms with E-state index in [9.17, 15) is 9.59 Å². The van der Waals surface area contributed by atoms with Gasteiger partial charge < -0.3 is 24.9 Å². The molecule has 1 aromatic carbocycles. The van der Waals surface area contributed by atoms with Crippen molar-refractivity contribution >= 4 is 40.0 Å². The van der Waals surface area contributed by atoms with E-state index in [4.69, 9.17) is 27.9 Å². The molecule has 3 N–H and O–H groups in total. The largest absolute Gasteiger partial charge is 0.376 e. The average Bonchev–Trinajstić information content (AvgIpc) is 3.22. The summed E-state index contributed by atoms with van der Waals surface area (Å²) < 4.78 is 5.73. The SMILES string of the molecule is COC(c1cc(Cl)c2c(c1Cl)C(=O)N(Cc1c(=O)[nH]c(C)c3[nH]ccc13)CC2)C1CNC1. The van der Waals surface area contributed by atoms with E-state index in [1.165, 1.54) is 0 Å². The molecule has 0 spiro atoms. The molecule has 2 aliphatic heterocycles. The standard InChI is InChI=1S/C23H24Cl2N4O3/c1-11-20-13(3-5-27-20)16(22(30)28-11)10-29-6-4-14-17(24)7-15(19(25)18(14)23(29)31)21(32-2)12-8-26-9-12/h3,5,7,12,21,26-27H,4,6,8-10H2,1-2H3,(H,28,30). The molecule has 7 nitrogen and oxygen atoms in total. The van der Waals surface area contributed by atoms with Crippen LogP contribution in [0, 0.1) is 12.8 Å². The first kappa shape index (κ1) is 21.5. The second-order valence-corrected chi connectivity index (χ2v) is 9.28. The van der Waals surface area contributed by atoms with Crippen molar-refractivity contribution in [1.29, 1.82) is 0 Å². The Labute approximate surface area is 195 Å². The number of aromatic amines is 2. The number of aryl methyl sites for hydroxylation is 1. The van der Waals surface area contributed by atoms with Crippen molar-refractivity contribution in [1.82, 2.24) is 20.2 Å². The molecule has 9 heteroatoms. The lowest BCUT2D eigenvalue weighted by Crippen LogP contribution is -2.46. The molecular weight excluding hydrogens is 451 g/mol. The molecule has 0 saturated carbocycles. The number of halogens is 2. The van der Waals surface area contributed by atoms with Crippen LogP contribution >= 0.6 is 23.2 Å². The van der Waals surface area contributed by atoms with Crippen LogP contribution in [-0.4, -0.2) is 47.5 Å². The highest BCUT2D eigenvalue weighted by Crippen LogP contribution is 2.41. The lowest BCUT2D eigenvalue weighted by molar-refractivity contribution is 0.0292. The molecule has 1 unspecified atom stereocenters. The highest BCUT2D eigenvalue weighted by Gasteiger charge is 2.35. The van der Waals surface area contributed by atoms with Gasteiger partial charge in [0.05, 0.1) is 28.8 Å². The summed E-state index contributed by atoms with van der Waals surface area (Å²) in [6.07, 6.45) is 2.13. The maximum atomic E-state index is 13.6. The molecule has 0 radical (unpaired) electrons. The van der Waals surface area contributed by atoms with Crippen LogP contribution in [0.15, 0.2) is 23.1 Å². The third-order valence-electron chi connectivity index (χ3n) is 6.65. The Balaban J connectivity index is 1.54. The van der Waals surface area contributed by atoms with Crippen molar-refractivity contribution in [3.63, 3.8) is 0 Å². The molecule has 0 aliphatic carbocycles. The van der Waals surface area contributed by atoms with Crippen molar-refractivity contribution in [2.75, 3.05) is 26.7 Å². The first-order valence-corrected chi connectivity index (χ1v) is 11.4. The number of methoxy groups -OCH3 is 1. The van der Waals surface area contributed by atoms with Crippen molar-refractivity contribution < 1.29 is 9.53 Å². The zero-order chi connectivity index (χ0) is 22.6. The normalized spacial score (nSPS) is 17.5. The van der Waals surface area contributed by atoms with Gasteiger partial charge in [0.15, 0.2) is 0 Å². The predicted octanol–water partition coefficient (Wildman–Crippen LogP) is 3.58. The number of hydrogen-bond donors (Lipinski definition) is 3. The van der Waals surface area contributed by atoms with Gasteiger partial charge in [-0.15, -0.1) is 0 Å². The van der Waals surface area contributed by atoms with Gasteiger partial charge in [0.1, 0.15) is 0 Å². The number of fused-ring (bicyclic) bond motifs is 2. The topological polar surface area (TPSA) is 90.2 Å². The number of hydrogen-bond acceptors (Lipinski definition) is 4. The van der Waals surface area contributed by atoms with Crippen molar-refractivity contribution in [2.24, 2.45) is 5.92 Å². The summed E-state index contributed by atoms with van der Waals surface area (Å²) in [5.41, 5.74) is 3.91. The maximum absolute atomic E-state index is 13.6. The van der Waals surface area contributed by atoms with E-state index in [0.29, 0.717) is 34.1 Å². The van der Waals surface area contributed by atoms with Gasteiger partial charge in [-0.05, 0) is 31.0 Å². The smallest absolute Gasteiger partial charge is 0.256 e. The van der Waals surface area contributed by atoms with Crippen LogP contribution in [0.3, 0.4) is 0 Å². The summed E-state index contributed by atoms with van der Waals surface area (Å²) in [7, 11) is 1.65. The van der Waals surface area contributed by atoms with Crippen molar-refractivity contribution in [3.8, 4) is 0 Å². The summed E-state index contributed by atoms with van der Waals surface area (Å²) in [4.78, 5) is 34.0. The predicted molar refractivity (Wildman–Crippen MR) is 125 cm³/mol. The van der Waals surface area contributed by atoms with Gasteiger partial charge in [-0.25, -0.2) is 0 Å². The van der Waals surface area contributed by atoms with Crippen LogP contribution in [0.4, 0.5) is 0 Å². The van der Waals surface area contributed by atoms with Crippen LogP contribution in [0.25, 0.3) is 10.9 Å². The van der Waals surface area contributed by atoms with E-state index in [-0.39, 0.29) is 30.0 Å². The minimum absolute atomic E-state index is 0.192. The number of ether oxygens (including phenoxy) is 1. The van der Waals surface area contributed by atoms with Crippen LogP contribution in [0.2, 0.25) is 10.0 Å². The fraction of sp³-hybridized carbons (Fsp3) is 0.391. The average molecular weight is 475 g/mol. The van der Waals surface area contributed by atoms with E-state index < -0.39 is 0 Å². The van der Waals surface area contributed by atoms with E-state index in [2.05, 4.69) is 15.3 Å². The van der Waals surface area contributed by atoms with Crippen LogP contribution in [0.5, 0.6) is 0 Å². The third kappa shape index (κ3) is 3.35. The molecule has 1 atom stereocenters. The van der Waals surface area contributed by atoms with Gasteiger partial charge in [0, 0.05) is 66.1 Å². The Hall–Kier alpha value is -2.32. The summed E-state index contributed by atoms with van der Waals surface area (Å²) in [5.74, 6) is 0.0552. The molecule has 1 fully saturated rings. The lowest BCUT2D eigenvalue weighted by atomic mass is 9.87. The quantitative estimate of drug-likeness (QED) is 0.527. The molecule has 32 heavy (non-hydrogen) atoms.